The molecular formula is C22H15Cl2FN2O4. The van der Waals surface area contributed by atoms with E-state index in [0.717, 1.165) is 29.5 Å². The molecule has 0 radical (unpaired) electrons. The number of halogens is 3. The molecule has 0 fully saturated rings. The second kappa shape index (κ2) is 8.53. The number of carbonyl (C=O) groups excluding carboxylic acids is 1. The molecule has 4 rings (SSSR count). The lowest BCUT2D eigenvalue weighted by Crippen LogP contribution is -2.36. The monoisotopic (exact) mass is 460 g/mol. The van der Waals surface area contributed by atoms with Crippen molar-refractivity contribution < 1.29 is 18.8 Å². The molecule has 1 aliphatic heterocycles. The molecule has 1 aliphatic rings. The summed E-state index contributed by atoms with van der Waals surface area (Å²) in [6.45, 7) is 0.444. The molecule has 6 nitrogen and oxygen atoms in total. The highest BCUT2D eigenvalue weighted by Gasteiger charge is 2.29. The number of anilines is 1. The van der Waals surface area contributed by atoms with Gasteiger partial charge in [0.15, 0.2) is 5.75 Å². The van der Waals surface area contributed by atoms with Crippen molar-refractivity contribution >= 4 is 40.9 Å². The maximum atomic E-state index is 14.3. The Morgan fingerprint density at radius 1 is 1.13 bits per heavy atom. The average molecular weight is 461 g/mol. The number of nitro groups is 1. The van der Waals surface area contributed by atoms with E-state index in [4.69, 9.17) is 27.9 Å². The summed E-state index contributed by atoms with van der Waals surface area (Å²) in [5.41, 5.74) is 1.75. The maximum absolute atomic E-state index is 14.3. The molecule has 0 amide bonds. The van der Waals surface area contributed by atoms with Crippen LogP contribution in [0, 0.1) is 15.9 Å². The van der Waals surface area contributed by atoms with Crippen LogP contribution in [0.3, 0.4) is 0 Å². The summed E-state index contributed by atoms with van der Waals surface area (Å²) < 4.78 is 20.1. The maximum Gasteiger partial charge on any atom is 0.272 e. The van der Waals surface area contributed by atoms with Crippen molar-refractivity contribution in [2.24, 2.45) is 0 Å². The topological polar surface area (TPSA) is 72.7 Å². The van der Waals surface area contributed by atoms with Crippen LogP contribution < -0.4 is 9.64 Å². The van der Waals surface area contributed by atoms with Gasteiger partial charge in [0.2, 0.25) is 0 Å². The van der Waals surface area contributed by atoms with Gasteiger partial charge < -0.3 is 14.4 Å². The van der Waals surface area contributed by atoms with E-state index >= 15 is 0 Å². The Hall–Kier alpha value is -3.16. The minimum absolute atomic E-state index is 0.00779. The molecule has 0 bridgehead atoms. The van der Waals surface area contributed by atoms with E-state index < -0.39 is 11.0 Å². The third-order valence-electron chi connectivity index (χ3n) is 5.10. The van der Waals surface area contributed by atoms with Crippen LogP contribution in [0.4, 0.5) is 15.8 Å². The Bertz CT molecular complexity index is 1160. The lowest BCUT2D eigenvalue weighted by molar-refractivity contribution is -0.384. The Labute approximate surface area is 186 Å². The fraction of sp³-hybridized carbons (Fsp3) is 0.136. The van der Waals surface area contributed by atoms with Crippen LogP contribution in [-0.2, 0) is 11.2 Å². The van der Waals surface area contributed by atoms with Gasteiger partial charge in [0.25, 0.3) is 5.69 Å². The average Bonchev–Trinajstić information content (AvgIpc) is 2.75. The third-order valence-corrected chi connectivity index (χ3v) is 5.66. The van der Waals surface area contributed by atoms with E-state index in [1.54, 1.807) is 41.3 Å². The molecule has 1 atom stereocenters. The summed E-state index contributed by atoms with van der Waals surface area (Å²) in [5, 5.41) is 11.0. The lowest BCUT2D eigenvalue weighted by atomic mass is 9.92. The molecule has 9 heteroatoms. The summed E-state index contributed by atoms with van der Waals surface area (Å²) in [7, 11) is 0. The zero-order valence-corrected chi connectivity index (χ0v) is 17.4. The van der Waals surface area contributed by atoms with E-state index in [-0.39, 0.29) is 27.3 Å². The predicted molar refractivity (Wildman–Crippen MR) is 116 cm³/mol. The second-order valence-corrected chi connectivity index (χ2v) is 7.75. The number of ether oxygens (including phenoxy) is 1. The van der Waals surface area contributed by atoms with Crippen molar-refractivity contribution in [1.82, 2.24) is 0 Å². The highest BCUT2D eigenvalue weighted by atomic mass is 35.5. The van der Waals surface area contributed by atoms with Gasteiger partial charge in [-0.3, -0.25) is 10.1 Å². The second-order valence-electron chi connectivity index (χ2n) is 6.93. The number of nitro benzene ring substituents is 1. The number of hydrogen-bond donors (Lipinski definition) is 0. The summed E-state index contributed by atoms with van der Waals surface area (Å²) >= 11 is 12.2. The van der Waals surface area contributed by atoms with Crippen LogP contribution in [-0.4, -0.2) is 17.8 Å². The number of para-hydroxylation sites is 1. The van der Waals surface area contributed by atoms with Crippen LogP contribution >= 0.6 is 23.2 Å². The number of aldehydes is 1. The summed E-state index contributed by atoms with van der Waals surface area (Å²) in [4.78, 5) is 24.0. The lowest BCUT2D eigenvalue weighted by Gasteiger charge is -2.36. The third kappa shape index (κ3) is 4.06. The Morgan fingerprint density at radius 2 is 1.84 bits per heavy atom. The van der Waals surface area contributed by atoms with E-state index in [1.807, 2.05) is 0 Å². The van der Waals surface area contributed by atoms with Crippen molar-refractivity contribution in [3.63, 3.8) is 0 Å². The molecule has 1 unspecified atom stereocenters. The molecule has 1 heterocycles. The first-order valence-corrected chi connectivity index (χ1v) is 10.0. The van der Waals surface area contributed by atoms with Crippen molar-refractivity contribution in [2.75, 3.05) is 11.4 Å². The highest BCUT2D eigenvalue weighted by molar-refractivity contribution is 6.37. The fourth-order valence-corrected chi connectivity index (χ4v) is 4.22. The number of carbonyl (C=O) groups is 1. The molecule has 31 heavy (non-hydrogen) atoms. The van der Waals surface area contributed by atoms with E-state index in [1.165, 1.54) is 6.07 Å². The van der Waals surface area contributed by atoms with E-state index in [0.29, 0.717) is 24.4 Å². The van der Waals surface area contributed by atoms with Crippen molar-refractivity contribution in [1.29, 1.82) is 0 Å². The van der Waals surface area contributed by atoms with Crippen LogP contribution in [0.5, 0.6) is 11.5 Å². The van der Waals surface area contributed by atoms with Gasteiger partial charge in [-0.25, -0.2) is 4.39 Å². The van der Waals surface area contributed by atoms with Gasteiger partial charge in [-0.1, -0.05) is 41.4 Å². The molecule has 0 aromatic heterocycles. The zero-order chi connectivity index (χ0) is 22.1. The minimum atomic E-state index is -0.638. The standard InChI is InChI=1S/C22H15Cl2FN2O4/c23-17-10-14(27(29)30)11-18(24)22(17)31-15-5-6-16-13(9-15)7-8-26(21(16)12-28)20-4-2-1-3-19(20)25/h1-6,9-12,21H,7-8H2. The van der Waals surface area contributed by atoms with Gasteiger partial charge in [-0.15, -0.1) is 0 Å². The van der Waals surface area contributed by atoms with Crippen LogP contribution in [0.15, 0.2) is 54.6 Å². The fourth-order valence-electron chi connectivity index (χ4n) is 3.67. The SMILES string of the molecule is O=CC1c2ccc(Oc3c(Cl)cc([N+](=O)[O-])cc3Cl)cc2CCN1c1ccccc1F. The summed E-state index contributed by atoms with van der Waals surface area (Å²) in [6, 6.07) is 13.2. The molecule has 3 aromatic rings. The molecular weight excluding hydrogens is 446 g/mol. The molecule has 0 saturated heterocycles. The normalized spacial score (nSPS) is 15.3. The molecule has 158 valence electrons. The number of nitrogens with zero attached hydrogens (tertiary/aromatic N) is 2. The first kappa shape index (κ1) is 21.1. The number of benzene rings is 3. The van der Waals surface area contributed by atoms with E-state index in [2.05, 4.69) is 0 Å². The van der Waals surface area contributed by atoms with E-state index in [9.17, 15) is 19.3 Å². The zero-order valence-electron chi connectivity index (χ0n) is 15.9. The highest BCUT2D eigenvalue weighted by Crippen LogP contribution is 2.41. The quantitative estimate of drug-likeness (QED) is 0.260. The molecule has 0 saturated carbocycles. The molecule has 0 N–H and O–H groups in total. The van der Waals surface area contributed by atoms with Gasteiger partial charge in [0.05, 0.1) is 20.7 Å². The van der Waals surface area contributed by atoms with Gasteiger partial charge in [-0.2, -0.15) is 0 Å². The molecule has 0 aliphatic carbocycles. The number of hydrogen-bond acceptors (Lipinski definition) is 5. The van der Waals surface area contributed by atoms with Crippen molar-refractivity contribution in [3.05, 3.63) is 91.7 Å². The van der Waals surface area contributed by atoms with Crippen molar-refractivity contribution in [3.8, 4) is 11.5 Å². The van der Waals surface area contributed by atoms with Crippen LogP contribution in [0.25, 0.3) is 0 Å². The number of non-ortho nitro benzene ring substituents is 1. The summed E-state index contributed by atoms with van der Waals surface area (Å²) in [5.74, 6) is 0.130. The smallest absolute Gasteiger partial charge is 0.272 e. The Kier molecular flexibility index (Phi) is 5.80. The number of rotatable bonds is 5. The van der Waals surface area contributed by atoms with Gasteiger partial charge in [0, 0.05) is 18.7 Å². The molecule has 0 spiro atoms. The number of fused-ring (bicyclic) bond motifs is 1. The first-order chi connectivity index (χ1) is 14.9. The first-order valence-electron chi connectivity index (χ1n) is 9.29. The Morgan fingerprint density at radius 3 is 2.48 bits per heavy atom. The van der Waals surface area contributed by atoms with Gasteiger partial charge in [-0.05, 0) is 41.8 Å². The van der Waals surface area contributed by atoms with Crippen molar-refractivity contribution in [2.45, 2.75) is 12.5 Å². The predicted octanol–water partition coefficient (Wildman–Crippen LogP) is 6.14. The largest absolute Gasteiger partial charge is 0.454 e. The summed E-state index contributed by atoms with van der Waals surface area (Å²) in [6.07, 6.45) is 1.35. The van der Waals surface area contributed by atoms with Crippen LogP contribution in [0.1, 0.15) is 17.2 Å². The Balaban J connectivity index is 1.64. The minimum Gasteiger partial charge on any atom is -0.454 e. The van der Waals surface area contributed by atoms with Gasteiger partial charge >= 0.3 is 0 Å². The van der Waals surface area contributed by atoms with Gasteiger partial charge in [0.1, 0.15) is 23.9 Å². The van der Waals surface area contributed by atoms with Crippen LogP contribution in [0.2, 0.25) is 10.0 Å². The molecule has 3 aromatic carbocycles.